The van der Waals surface area contributed by atoms with E-state index in [9.17, 15) is 9.59 Å². The van der Waals surface area contributed by atoms with Crippen molar-refractivity contribution in [3.05, 3.63) is 35.4 Å². The number of amides is 2. The smallest absolute Gasteiger partial charge is 0.251 e. The number of carbonyl (C=O) groups is 2. The van der Waals surface area contributed by atoms with E-state index in [1.807, 2.05) is 18.2 Å². The summed E-state index contributed by atoms with van der Waals surface area (Å²) in [6.45, 7) is 2.22. The Labute approximate surface area is 137 Å². The minimum Gasteiger partial charge on any atom is -0.355 e. The van der Waals surface area contributed by atoms with Crippen LogP contribution in [0.2, 0.25) is 0 Å². The zero-order valence-electron chi connectivity index (χ0n) is 13.7. The molecule has 5 nitrogen and oxygen atoms in total. The maximum atomic E-state index is 12.8. The van der Waals surface area contributed by atoms with E-state index in [0.717, 1.165) is 37.9 Å². The van der Waals surface area contributed by atoms with Crippen LogP contribution in [-0.4, -0.2) is 32.0 Å². The topological polar surface area (TPSA) is 70.2 Å². The van der Waals surface area contributed by atoms with Crippen molar-refractivity contribution in [2.75, 3.05) is 20.1 Å². The largest absolute Gasteiger partial charge is 0.355 e. The molecular weight excluding hydrogens is 290 g/mol. The maximum Gasteiger partial charge on any atom is 0.251 e. The first-order chi connectivity index (χ1) is 11.2. The van der Waals surface area contributed by atoms with E-state index in [0.29, 0.717) is 18.0 Å². The van der Waals surface area contributed by atoms with E-state index in [1.54, 1.807) is 13.1 Å². The molecule has 2 fully saturated rings. The minimum atomic E-state index is -0.226. The quantitative estimate of drug-likeness (QED) is 0.787. The fourth-order valence-corrected chi connectivity index (χ4v) is 4.02. The first-order valence-electron chi connectivity index (χ1n) is 8.46. The number of hydrogen-bond acceptors (Lipinski definition) is 3. The summed E-state index contributed by atoms with van der Waals surface area (Å²) < 4.78 is 0. The fourth-order valence-electron chi connectivity index (χ4n) is 4.02. The van der Waals surface area contributed by atoms with Gasteiger partial charge in [0, 0.05) is 25.7 Å². The third-order valence-corrected chi connectivity index (χ3v) is 5.36. The number of fused-ring (bicyclic) bond motifs is 1. The summed E-state index contributed by atoms with van der Waals surface area (Å²) >= 11 is 0. The van der Waals surface area contributed by atoms with Gasteiger partial charge in [-0.05, 0) is 43.0 Å². The SMILES string of the molecule is CNC(=O)c1cccc(CNC(=O)[C@@]23CCCC[C@H]2CNC3)c1. The molecule has 0 unspecified atom stereocenters. The summed E-state index contributed by atoms with van der Waals surface area (Å²) in [5.41, 5.74) is 1.35. The molecule has 0 radical (unpaired) electrons. The van der Waals surface area contributed by atoms with Gasteiger partial charge in [-0.3, -0.25) is 9.59 Å². The van der Waals surface area contributed by atoms with Gasteiger partial charge in [-0.2, -0.15) is 0 Å². The lowest BCUT2D eigenvalue weighted by atomic mass is 9.67. The molecular formula is C18H25N3O2. The van der Waals surface area contributed by atoms with Gasteiger partial charge in [0.25, 0.3) is 5.91 Å². The molecule has 1 aliphatic carbocycles. The Hall–Kier alpha value is -1.88. The molecule has 2 aliphatic rings. The highest BCUT2D eigenvalue weighted by molar-refractivity contribution is 5.94. The van der Waals surface area contributed by atoms with E-state index in [1.165, 1.54) is 6.42 Å². The molecule has 0 bridgehead atoms. The van der Waals surface area contributed by atoms with E-state index >= 15 is 0 Å². The number of carbonyl (C=O) groups excluding carboxylic acids is 2. The highest BCUT2D eigenvalue weighted by atomic mass is 16.2. The second-order valence-corrected chi connectivity index (χ2v) is 6.69. The van der Waals surface area contributed by atoms with Crippen molar-refractivity contribution in [1.29, 1.82) is 0 Å². The molecule has 1 aromatic rings. The van der Waals surface area contributed by atoms with Crippen LogP contribution in [0, 0.1) is 11.3 Å². The lowest BCUT2D eigenvalue weighted by Crippen LogP contribution is -2.47. The standard InChI is InChI=1S/C18H25N3O2/c1-19-16(22)14-6-4-5-13(9-14)10-21-17(23)18-8-3-2-7-15(18)11-20-12-18/h4-6,9,15,20H,2-3,7-8,10-12H2,1H3,(H,19,22)(H,21,23)/t15-,18+/m0/s1. The van der Waals surface area contributed by atoms with Crippen molar-refractivity contribution in [3.63, 3.8) is 0 Å². The van der Waals surface area contributed by atoms with Crippen LogP contribution in [0.3, 0.4) is 0 Å². The second kappa shape index (κ2) is 6.71. The molecule has 1 aromatic carbocycles. The van der Waals surface area contributed by atoms with Crippen molar-refractivity contribution in [3.8, 4) is 0 Å². The van der Waals surface area contributed by atoms with Crippen LogP contribution in [0.5, 0.6) is 0 Å². The molecule has 3 N–H and O–H groups in total. The predicted molar refractivity (Wildman–Crippen MR) is 88.9 cm³/mol. The van der Waals surface area contributed by atoms with Crippen LogP contribution in [-0.2, 0) is 11.3 Å². The van der Waals surface area contributed by atoms with Gasteiger partial charge in [-0.1, -0.05) is 25.0 Å². The van der Waals surface area contributed by atoms with Crippen molar-refractivity contribution in [2.45, 2.75) is 32.2 Å². The van der Waals surface area contributed by atoms with Gasteiger partial charge in [0.05, 0.1) is 5.41 Å². The lowest BCUT2D eigenvalue weighted by Gasteiger charge is -2.37. The van der Waals surface area contributed by atoms with Gasteiger partial charge in [-0.25, -0.2) is 0 Å². The molecule has 1 saturated heterocycles. The van der Waals surface area contributed by atoms with Crippen molar-refractivity contribution in [2.24, 2.45) is 11.3 Å². The zero-order chi connectivity index (χ0) is 16.3. The predicted octanol–water partition coefficient (Wildman–Crippen LogP) is 1.44. The molecule has 0 spiro atoms. The lowest BCUT2D eigenvalue weighted by molar-refractivity contribution is -0.134. The van der Waals surface area contributed by atoms with E-state index in [-0.39, 0.29) is 17.2 Å². The third-order valence-electron chi connectivity index (χ3n) is 5.36. The Bertz CT molecular complexity index is 602. The third kappa shape index (κ3) is 3.11. The molecule has 124 valence electrons. The number of nitrogens with one attached hydrogen (secondary N) is 3. The van der Waals surface area contributed by atoms with Crippen LogP contribution >= 0.6 is 0 Å². The maximum absolute atomic E-state index is 12.8. The molecule has 0 aromatic heterocycles. The molecule has 2 amide bonds. The first-order valence-corrected chi connectivity index (χ1v) is 8.46. The average Bonchev–Trinajstić information content (AvgIpc) is 3.04. The Morgan fingerprint density at radius 3 is 3.04 bits per heavy atom. The Balaban J connectivity index is 1.66. The summed E-state index contributed by atoms with van der Waals surface area (Å²) in [4.78, 5) is 24.5. The van der Waals surface area contributed by atoms with Crippen LogP contribution in [0.15, 0.2) is 24.3 Å². The van der Waals surface area contributed by atoms with Gasteiger partial charge in [0.15, 0.2) is 0 Å². The fraction of sp³-hybridized carbons (Fsp3) is 0.556. The molecule has 3 rings (SSSR count). The molecule has 1 saturated carbocycles. The number of rotatable bonds is 4. The van der Waals surface area contributed by atoms with Gasteiger partial charge < -0.3 is 16.0 Å². The average molecular weight is 315 g/mol. The van der Waals surface area contributed by atoms with E-state index < -0.39 is 0 Å². The van der Waals surface area contributed by atoms with Gasteiger partial charge in [0.2, 0.25) is 5.91 Å². The highest BCUT2D eigenvalue weighted by Gasteiger charge is 2.49. The second-order valence-electron chi connectivity index (χ2n) is 6.69. The Morgan fingerprint density at radius 2 is 2.22 bits per heavy atom. The van der Waals surface area contributed by atoms with Crippen LogP contribution < -0.4 is 16.0 Å². The molecule has 23 heavy (non-hydrogen) atoms. The van der Waals surface area contributed by atoms with Crippen molar-refractivity contribution in [1.82, 2.24) is 16.0 Å². The Morgan fingerprint density at radius 1 is 1.35 bits per heavy atom. The van der Waals surface area contributed by atoms with Gasteiger partial charge in [-0.15, -0.1) is 0 Å². The molecule has 5 heteroatoms. The summed E-state index contributed by atoms with van der Waals surface area (Å²) in [6, 6.07) is 7.41. The van der Waals surface area contributed by atoms with E-state index in [4.69, 9.17) is 0 Å². The van der Waals surface area contributed by atoms with E-state index in [2.05, 4.69) is 16.0 Å². The number of benzene rings is 1. The van der Waals surface area contributed by atoms with Crippen molar-refractivity contribution < 1.29 is 9.59 Å². The van der Waals surface area contributed by atoms with Gasteiger partial charge in [0.1, 0.15) is 0 Å². The number of hydrogen-bond donors (Lipinski definition) is 3. The van der Waals surface area contributed by atoms with Crippen molar-refractivity contribution >= 4 is 11.8 Å². The van der Waals surface area contributed by atoms with Gasteiger partial charge >= 0.3 is 0 Å². The summed E-state index contributed by atoms with van der Waals surface area (Å²) in [5, 5.41) is 9.13. The van der Waals surface area contributed by atoms with Crippen LogP contribution in [0.4, 0.5) is 0 Å². The summed E-state index contributed by atoms with van der Waals surface area (Å²) in [6.07, 6.45) is 4.49. The normalized spacial score (nSPS) is 26.4. The van der Waals surface area contributed by atoms with Crippen LogP contribution in [0.25, 0.3) is 0 Å². The van der Waals surface area contributed by atoms with Crippen LogP contribution in [0.1, 0.15) is 41.6 Å². The monoisotopic (exact) mass is 315 g/mol. The first kappa shape index (κ1) is 16.0. The summed E-state index contributed by atoms with van der Waals surface area (Å²) in [7, 11) is 1.62. The molecule has 1 heterocycles. The Kier molecular flexibility index (Phi) is 4.66. The zero-order valence-corrected chi connectivity index (χ0v) is 13.7. The minimum absolute atomic E-state index is 0.107. The molecule has 2 atom stereocenters. The highest BCUT2D eigenvalue weighted by Crippen LogP contribution is 2.43. The molecule has 1 aliphatic heterocycles. The summed E-state index contributed by atoms with van der Waals surface area (Å²) in [5.74, 6) is 0.523.